The van der Waals surface area contributed by atoms with Crippen molar-refractivity contribution >= 4 is 0 Å². The first-order valence-electron chi connectivity index (χ1n) is 7.32. The van der Waals surface area contributed by atoms with Gasteiger partial charge in [-0.25, -0.2) is 0 Å². The Morgan fingerprint density at radius 3 is 3.00 bits per heavy atom. The van der Waals surface area contributed by atoms with Crippen LogP contribution in [0.15, 0.2) is 22.8 Å². The molecular formula is C15H25NO3. The first-order chi connectivity index (χ1) is 9.29. The number of hydrogen-bond donors (Lipinski definition) is 1. The van der Waals surface area contributed by atoms with E-state index in [1.165, 1.54) is 12.8 Å². The molecule has 2 rings (SSSR count). The lowest BCUT2D eigenvalue weighted by atomic mass is 10.3. The van der Waals surface area contributed by atoms with Crippen LogP contribution in [-0.4, -0.2) is 41.9 Å². The van der Waals surface area contributed by atoms with E-state index in [0.717, 1.165) is 31.8 Å². The van der Waals surface area contributed by atoms with Gasteiger partial charge in [-0.15, -0.1) is 0 Å². The number of furan rings is 1. The average Bonchev–Trinajstić information content (AvgIpc) is 3.13. The first kappa shape index (κ1) is 14.6. The average molecular weight is 267 g/mol. The minimum absolute atomic E-state index is 0.410. The lowest BCUT2D eigenvalue weighted by Crippen LogP contribution is -2.36. The summed E-state index contributed by atoms with van der Waals surface area (Å²) in [5, 5.41) is 10.0. The van der Waals surface area contributed by atoms with Gasteiger partial charge in [0.1, 0.15) is 5.76 Å². The molecule has 0 spiro atoms. The van der Waals surface area contributed by atoms with E-state index in [9.17, 15) is 5.11 Å². The van der Waals surface area contributed by atoms with Gasteiger partial charge in [0, 0.05) is 19.2 Å². The maximum absolute atomic E-state index is 10.0. The second-order valence-electron chi connectivity index (χ2n) is 5.32. The molecule has 4 nitrogen and oxygen atoms in total. The number of unbranched alkanes of at least 4 members (excludes halogenated alkanes) is 1. The summed E-state index contributed by atoms with van der Waals surface area (Å²) in [6, 6.07) is 4.50. The van der Waals surface area contributed by atoms with Crippen LogP contribution in [0, 0.1) is 0 Å². The number of hydrogen-bond acceptors (Lipinski definition) is 4. The molecule has 0 aromatic carbocycles. The zero-order chi connectivity index (χ0) is 13.5. The maximum Gasteiger partial charge on any atom is 0.117 e. The maximum atomic E-state index is 10.0. The van der Waals surface area contributed by atoms with Gasteiger partial charge < -0.3 is 14.3 Å². The van der Waals surface area contributed by atoms with Gasteiger partial charge in [-0.3, -0.25) is 4.90 Å². The molecule has 0 radical (unpaired) electrons. The minimum Gasteiger partial charge on any atom is -0.468 e. The van der Waals surface area contributed by atoms with Crippen molar-refractivity contribution in [2.24, 2.45) is 0 Å². The quantitative estimate of drug-likeness (QED) is 0.661. The second-order valence-corrected chi connectivity index (χ2v) is 5.32. The molecule has 0 aliphatic heterocycles. The van der Waals surface area contributed by atoms with Gasteiger partial charge in [-0.2, -0.15) is 0 Å². The first-order valence-corrected chi connectivity index (χ1v) is 7.32. The van der Waals surface area contributed by atoms with E-state index in [1.807, 2.05) is 12.1 Å². The molecule has 1 aromatic rings. The van der Waals surface area contributed by atoms with Crippen LogP contribution in [0.1, 0.15) is 38.4 Å². The number of rotatable bonds is 10. The Morgan fingerprint density at radius 2 is 2.37 bits per heavy atom. The van der Waals surface area contributed by atoms with Crippen LogP contribution in [0.5, 0.6) is 0 Å². The van der Waals surface area contributed by atoms with Crippen LogP contribution >= 0.6 is 0 Å². The molecule has 1 aromatic heterocycles. The van der Waals surface area contributed by atoms with E-state index >= 15 is 0 Å². The van der Waals surface area contributed by atoms with Crippen molar-refractivity contribution in [3.8, 4) is 0 Å². The molecule has 1 unspecified atom stereocenters. The van der Waals surface area contributed by atoms with Gasteiger partial charge in [0.05, 0.1) is 25.5 Å². The molecule has 1 saturated carbocycles. The van der Waals surface area contributed by atoms with Crippen molar-refractivity contribution in [1.82, 2.24) is 4.90 Å². The molecule has 1 atom stereocenters. The fourth-order valence-electron chi connectivity index (χ4n) is 2.17. The number of aliphatic hydroxyl groups is 1. The van der Waals surface area contributed by atoms with Crippen molar-refractivity contribution in [3.63, 3.8) is 0 Å². The predicted molar refractivity (Wildman–Crippen MR) is 73.9 cm³/mol. The van der Waals surface area contributed by atoms with Crippen molar-refractivity contribution in [2.75, 3.05) is 19.8 Å². The number of ether oxygens (including phenoxy) is 1. The summed E-state index contributed by atoms with van der Waals surface area (Å²) in [5.41, 5.74) is 0. The molecular weight excluding hydrogens is 242 g/mol. The van der Waals surface area contributed by atoms with Gasteiger partial charge >= 0.3 is 0 Å². The van der Waals surface area contributed by atoms with Gasteiger partial charge in [0.2, 0.25) is 0 Å². The van der Waals surface area contributed by atoms with Gasteiger partial charge in [0.25, 0.3) is 0 Å². The Kier molecular flexibility index (Phi) is 5.89. The Bertz CT molecular complexity index is 335. The highest BCUT2D eigenvalue weighted by molar-refractivity contribution is 5.00. The van der Waals surface area contributed by atoms with Crippen molar-refractivity contribution < 1.29 is 14.3 Å². The third-order valence-electron chi connectivity index (χ3n) is 3.40. The third-order valence-corrected chi connectivity index (χ3v) is 3.40. The molecule has 108 valence electrons. The summed E-state index contributed by atoms with van der Waals surface area (Å²) in [5.74, 6) is 0.964. The summed E-state index contributed by atoms with van der Waals surface area (Å²) < 4.78 is 10.9. The minimum atomic E-state index is -0.410. The highest BCUT2D eigenvalue weighted by Gasteiger charge is 2.30. The van der Waals surface area contributed by atoms with Crippen LogP contribution in [0.2, 0.25) is 0 Å². The van der Waals surface area contributed by atoms with E-state index in [4.69, 9.17) is 9.15 Å². The van der Waals surface area contributed by atoms with Crippen LogP contribution < -0.4 is 0 Å². The zero-order valence-electron chi connectivity index (χ0n) is 11.8. The van der Waals surface area contributed by atoms with Crippen molar-refractivity contribution in [2.45, 2.75) is 51.3 Å². The Morgan fingerprint density at radius 1 is 1.53 bits per heavy atom. The van der Waals surface area contributed by atoms with Gasteiger partial charge in [-0.1, -0.05) is 13.3 Å². The predicted octanol–water partition coefficient (Wildman–Crippen LogP) is 2.42. The van der Waals surface area contributed by atoms with E-state index in [2.05, 4.69) is 11.8 Å². The Hall–Kier alpha value is -0.840. The van der Waals surface area contributed by atoms with Crippen LogP contribution in [0.3, 0.4) is 0 Å². The molecule has 1 aliphatic rings. The van der Waals surface area contributed by atoms with Gasteiger partial charge in [0.15, 0.2) is 0 Å². The SMILES string of the molecule is CCCCOCC(O)CN(Cc1ccco1)C1CC1. The standard InChI is InChI=1S/C15H25NO3/c1-2-3-8-18-12-14(17)10-16(13-6-7-13)11-15-5-4-9-19-15/h4-5,9,13-14,17H,2-3,6-8,10-12H2,1H3. The zero-order valence-corrected chi connectivity index (χ0v) is 11.8. The lowest BCUT2D eigenvalue weighted by molar-refractivity contribution is 0.0117. The molecule has 19 heavy (non-hydrogen) atoms. The molecule has 1 N–H and O–H groups in total. The van der Waals surface area contributed by atoms with E-state index < -0.39 is 6.10 Å². The summed E-state index contributed by atoms with van der Waals surface area (Å²) in [7, 11) is 0. The fraction of sp³-hybridized carbons (Fsp3) is 0.733. The molecule has 1 fully saturated rings. The fourth-order valence-corrected chi connectivity index (χ4v) is 2.17. The highest BCUT2D eigenvalue weighted by Crippen LogP contribution is 2.28. The van der Waals surface area contributed by atoms with E-state index in [-0.39, 0.29) is 0 Å². The summed E-state index contributed by atoms with van der Waals surface area (Å²) >= 11 is 0. The van der Waals surface area contributed by atoms with E-state index in [1.54, 1.807) is 6.26 Å². The van der Waals surface area contributed by atoms with Crippen molar-refractivity contribution in [1.29, 1.82) is 0 Å². The smallest absolute Gasteiger partial charge is 0.117 e. The molecule has 4 heteroatoms. The molecule has 1 heterocycles. The molecule has 0 bridgehead atoms. The summed E-state index contributed by atoms with van der Waals surface area (Å²) in [6.07, 6.45) is 5.93. The summed E-state index contributed by atoms with van der Waals surface area (Å²) in [6.45, 7) is 4.76. The number of aliphatic hydroxyl groups excluding tert-OH is 1. The number of nitrogens with zero attached hydrogens (tertiary/aromatic N) is 1. The van der Waals surface area contributed by atoms with Crippen molar-refractivity contribution in [3.05, 3.63) is 24.2 Å². The lowest BCUT2D eigenvalue weighted by Gasteiger charge is -2.23. The monoisotopic (exact) mass is 267 g/mol. The Balaban J connectivity index is 1.70. The molecule has 1 aliphatic carbocycles. The molecule has 0 amide bonds. The highest BCUT2D eigenvalue weighted by atomic mass is 16.5. The second kappa shape index (κ2) is 7.68. The van der Waals surface area contributed by atoms with E-state index in [0.29, 0.717) is 19.2 Å². The van der Waals surface area contributed by atoms with Crippen LogP contribution in [0.25, 0.3) is 0 Å². The largest absolute Gasteiger partial charge is 0.468 e. The van der Waals surface area contributed by atoms with Gasteiger partial charge in [-0.05, 0) is 31.4 Å². The third kappa shape index (κ3) is 5.35. The molecule has 0 saturated heterocycles. The summed E-state index contributed by atoms with van der Waals surface area (Å²) in [4.78, 5) is 2.30. The van der Waals surface area contributed by atoms with Crippen LogP contribution in [-0.2, 0) is 11.3 Å². The Labute approximate surface area is 115 Å². The topological polar surface area (TPSA) is 45.8 Å². The van der Waals surface area contributed by atoms with Crippen LogP contribution in [0.4, 0.5) is 0 Å². The normalized spacial score (nSPS) is 17.0.